The van der Waals surface area contributed by atoms with Crippen molar-refractivity contribution in [3.05, 3.63) is 109 Å². The minimum absolute atomic E-state index is 0.00614. The van der Waals surface area contributed by atoms with E-state index in [2.05, 4.69) is 37.9 Å². The first-order valence-corrected chi connectivity index (χ1v) is 17.3. The Labute approximate surface area is 305 Å². The highest BCUT2D eigenvalue weighted by molar-refractivity contribution is 5.90. The summed E-state index contributed by atoms with van der Waals surface area (Å²) in [5.74, 6) is 0.242. The first-order chi connectivity index (χ1) is 25.1. The van der Waals surface area contributed by atoms with Crippen LogP contribution in [0, 0.1) is 5.92 Å². The van der Waals surface area contributed by atoms with Crippen molar-refractivity contribution in [2.45, 2.75) is 38.0 Å². The molecule has 0 spiro atoms. The molecule has 0 amide bonds. The third-order valence-electron chi connectivity index (χ3n) is 8.94. The molecular formula is C42H48O10. The molecule has 3 aromatic carbocycles. The summed E-state index contributed by atoms with van der Waals surface area (Å²) >= 11 is 0. The predicted molar refractivity (Wildman–Crippen MR) is 198 cm³/mol. The van der Waals surface area contributed by atoms with Gasteiger partial charge in [-0.15, -0.1) is 0 Å². The summed E-state index contributed by atoms with van der Waals surface area (Å²) in [6.45, 7) is 11.2. The summed E-state index contributed by atoms with van der Waals surface area (Å²) in [6, 6.07) is 21.7. The maximum absolute atomic E-state index is 12.3. The molecule has 10 nitrogen and oxygen atoms in total. The van der Waals surface area contributed by atoms with Gasteiger partial charge in [-0.1, -0.05) is 62.2 Å². The molecule has 3 aromatic rings. The van der Waals surface area contributed by atoms with Gasteiger partial charge in [0.25, 0.3) is 0 Å². The third kappa shape index (κ3) is 11.5. The highest BCUT2D eigenvalue weighted by Crippen LogP contribution is 2.42. The largest absolute Gasteiger partial charge is 0.490 e. The lowest BCUT2D eigenvalue weighted by Gasteiger charge is -2.30. The molecule has 52 heavy (non-hydrogen) atoms. The summed E-state index contributed by atoms with van der Waals surface area (Å²) in [5, 5.41) is 9.02. The fourth-order valence-corrected chi connectivity index (χ4v) is 6.08. The highest BCUT2D eigenvalue weighted by atomic mass is 16.6. The van der Waals surface area contributed by atoms with Gasteiger partial charge in [-0.05, 0) is 96.0 Å². The van der Waals surface area contributed by atoms with Gasteiger partial charge in [0.05, 0.1) is 43.1 Å². The maximum Gasteiger partial charge on any atom is 0.341 e. The number of aliphatic hydroxyl groups excluding tert-OH is 1. The van der Waals surface area contributed by atoms with E-state index in [1.165, 1.54) is 19.8 Å². The van der Waals surface area contributed by atoms with Crippen LogP contribution in [0.15, 0.2) is 103 Å². The molecule has 0 bridgehead atoms. The minimum atomic E-state index is -0.650. The number of aliphatic hydroxyl groups is 1. The Morgan fingerprint density at radius 1 is 0.654 bits per heavy atom. The number of carbonyl (C=O) groups is 3. The molecule has 0 unspecified atom stereocenters. The van der Waals surface area contributed by atoms with Gasteiger partial charge < -0.3 is 33.5 Å². The second kappa shape index (κ2) is 20.1. The monoisotopic (exact) mass is 712 g/mol. The average Bonchev–Trinajstić information content (AvgIpc) is 3.16. The molecular weight excluding hydrogens is 664 g/mol. The number of ether oxygens (including phenoxy) is 6. The first-order valence-electron chi connectivity index (χ1n) is 17.3. The van der Waals surface area contributed by atoms with E-state index in [1.54, 1.807) is 12.1 Å². The molecule has 0 aliphatic heterocycles. The van der Waals surface area contributed by atoms with E-state index in [-0.39, 0.29) is 37.6 Å². The van der Waals surface area contributed by atoms with Gasteiger partial charge in [0.1, 0.15) is 24.7 Å². The molecule has 0 atom stereocenters. The van der Waals surface area contributed by atoms with Crippen LogP contribution >= 0.6 is 0 Å². The number of rotatable bonds is 19. The van der Waals surface area contributed by atoms with Crippen molar-refractivity contribution < 1.29 is 47.9 Å². The molecule has 0 radical (unpaired) electrons. The highest BCUT2D eigenvalue weighted by Gasteiger charge is 2.25. The Morgan fingerprint density at radius 2 is 1.21 bits per heavy atom. The Morgan fingerprint density at radius 3 is 1.85 bits per heavy atom. The van der Waals surface area contributed by atoms with E-state index in [0.717, 1.165) is 54.4 Å². The molecule has 0 saturated heterocycles. The van der Waals surface area contributed by atoms with Gasteiger partial charge in [0.2, 0.25) is 0 Å². The number of hydrogen-bond donors (Lipinski definition) is 1. The molecule has 1 aliphatic carbocycles. The molecule has 276 valence electrons. The lowest BCUT2D eigenvalue weighted by atomic mass is 9.75. The van der Waals surface area contributed by atoms with Crippen molar-refractivity contribution in [1.82, 2.24) is 0 Å². The van der Waals surface area contributed by atoms with Crippen LogP contribution in [0.4, 0.5) is 0 Å². The number of benzene rings is 3. The van der Waals surface area contributed by atoms with Gasteiger partial charge in [-0.2, -0.15) is 0 Å². The average molecular weight is 713 g/mol. The van der Waals surface area contributed by atoms with Gasteiger partial charge in [-0.3, -0.25) is 0 Å². The van der Waals surface area contributed by atoms with Crippen LogP contribution in [0.3, 0.4) is 0 Å². The van der Waals surface area contributed by atoms with E-state index in [0.29, 0.717) is 35.5 Å². The zero-order valence-electron chi connectivity index (χ0n) is 30.0. The molecule has 0 heterocycles. The zero-order chi connectivity index (χ0) is 37.5. The lowest BCUT2D eigenvalue weighted by molar-refractivity contribution is -0.141. The van der Waals surface area contributed by atoms with Crippen molar-refractivity contribution in [3.63, 3.8) is 0 Å². The number of esters is 3. The molecule has 10 heteroatoms. The van der Waals surface area contributed by atoms with Gasteiger partial charge >= 0.3 is 17.9 Å². The van der Waals surface area contributed by atoms with Crippen molar-refractivity contribution >= 4 is 17.9 Å². The summed E-state index contributed by atoms with van der Waals surface area (Å²) in [5.41, 5.74) is 5.99. The maximum atomic E-state index is 12.3. The van der Waals surface area contributed by atoms with Gasteiger partial charge in [0.15, 0.2) is 0 Å². The first kappa shape index (κ1) is 39.8. The number of methoxy groups -OCH3 is 2. The smallest absolute Gasteiger partial charge is 0.341 e. The van der Waals surface area contributed by atoms with Crippen molar-refractivity contribution in [3.8, 4) is 33.8 Å². The van der Waals surface area contributed by atoms with E-state index in [1.807, 2.05) is 36.4 Å². The Kier molecular flexibility index (Phi) is 15.4. The predicted octanol–water partition coefficient (Wildman–Crippen LogP) is 7.01. The van der Waals surface area contributed by atoms with Crippen LogP contribution in [0.5, 0.6) is 11.5 Å². The molecule has 1 N–H and O–H groups in total. The summed E-state index contributed by atoms with van der Waals surface area (Å²) in [7, 11) is 3.01. The lowest BCUT2D eigenvalue weighted by Crippen LogP contribution is -2.18. The normalized spacial score (nSPS) is 15.3. The SMILES string of the molecule is C=C(CO)C(=O)OCCOc1ccc(-c2ccc(-c3ccc(OC(=O)C(=C)COC)cc3)cc2C2CCC(CCOC(=O)C(=C)COC)CC2)cc1. The molecule has 0 aromatic heterocycles. The van der Waals surface area contributed by atoms with Crippen LogP contribution in [-0.4, -0.2) is 76.9 Å². The Balaban J connectivity index is 1.48. The second-order valence-electron chi connectivity index (χ2n) is 12.7. The molecule has 4 rings (SSSR count). The Bertz CT molecular complexity index is 1700. The standard InChI is InChI=1S/C42H48O10/c1-28(25-43)40(44)51-23-22-49-36-15-12-33(13-16-36)38-19-14-35(32-10-17-37(18-11-32)52-42(46)30(3)27-48-5)24-39(38)34-8-6-31(7-9-34)20-21-50-41(45)29(2)26-47-4/h10-19,24,31,34,43H,1-3,6-9,20-23,25-27H2,4-5H3. The van der Waals surface area contributed by atoms with E-state index >= 15 is 0 Å². The third-order valence-corrected chi connectivity index (χ3v) is 8.94. The zero-order valence-corrected chi connectivity index (χ0v) is 30.0. The van der Waals surface area contributed by atoms with Gasteiger partial charge in [-0.25, -0.2) is 14.4 Å². The topological polar surface area (TPSA) is 127 Å². The number of hydrogen-bond acceptors (Lipinski definition) is 10. The summed E-state index contributed by atoms with van der Waals surface area (Å²) in [4.78, 5) is 36.1. The fourth-order valence-electron chi connectivity index (χ4n) is 6.08. The molecule has 1 fully saturated rings. The fraction of sp³-hybridized carbons (Fsp3) is 0.357. The van der Waals surface area contributed by atoms with Crippen LogP contribution in [0.25, 0.3) is 22.3 Å². The van der Waals surface area contributed by atoms with E-state index in [9.17, 15) is 14.4 Å². The van der Waals surface area contributed by atoms with Crippen LogP contribution in [0.2, 0.25) is 0 Å². The van der Waals surface area contributed by atoms with Crippen molar-refractivity contribution in [1.29, 1.82) is 0 Å². The molecule has 1 saturated carbocycles. The minimum Gasteiger partial charge on any atom is -0.490 e. The summed E-state index contributed by atoms with van der Waals surface area (Å²) < 4.78 is 31.7. The van der Waals surface area contributed by atoms with Gasteiger partial charge in [0, 0.05) is 14.2 Å². The van der Waals surface area contributed by atoms with Crippen LogP contribution in [-0.2, 0) is 33.3 Å². The second-order valence-corrected chi connectivity index (χ2v) is 12.7. The molecule has 1 aliphatic rings. The van der Waals surface area contributed by atoms with Crippen molar-refractivity contribution in [2.75, 3.05) is 53.9 Å². The van der Waals surface area contributed by atoms with Crippen molar-refractivity contribution in [2.24, 2.45) is 5.92 Å². The number of carbonyl (C=O) groups excluding carboxylic acids is 3. The van der Waals surface area contributed by atoms with Crippen LogP contribution in [0.1, 0.15) is 43.6 Å². The summed E-state index contributed by atoms with van der Waals surface area (Å²) in [6.07, 6.45) is 4.82. The quantitative estimate of drug-likeness (QED) is 0.0600. The van der Waals surface area contributed by atoms with Crippen LogP contribution < -0.4 is 9.47 Å². The van der Waals surface area contributed by atoms with E-state index in [4.69, 9.17) is 33.5 Å². The van der Waals surface area contributed by atoms with E-state index < -0.39 is 24.5 Å². The Hall–Kier alpha value is -5.03.